The van der Waals surface area contributed by atoms with Gasteiger partial charge in [-0.25, -0.2) is 0 Å². The van der Waals surface area contributed by atoms with E-state index in [1.54, 1.807) is 6.07 Å². The summed E-state index contributed by atoms with van der Waals surface area (Å²) in [6.07, 6.45) is 10.5. The second kappa shape index (κ2) is 6.99. The summed E-state index contributed by atoms with van der Waals surface area (Å²) in [7, 11) is 0. The van der Waals surface area contributed by atoms with Crippen LogP contribution in [0.15, 0.2) is 23.0 Å². The minimum absolute atomic E-state index is 0.000103. The van der Waals surface area contributed by atoms with Crippen LogP contribution in [-0.4, -0.2) is 35.8 Å². The van der Waals surface area contributed by atoms with E-state index in [9.17, 15) is 9.59 Å². The Bertz CT molecular complexity index is 498. The molecule has 5 heteroatoms. The first-order chi connectivity index (χ1) is 10.7. The van der Waals surface area contributed by atoms with Gasteiger partial charge in [0.15, 0.2) is 0 Å². The van der Waals surface area contributed by atoms with Gasteiger partial charge in [0.1, 0.15) is 6.26 Å². The van der Waals surface area contributed by atoms with E-state index in [1.165, 1.54) is 31.8 Å². The number of amides is 2. The summed E-state index contributed by atoms with van der Waals surface area (Å²) < 4.78 is 4.96. The summed E-state index contributed by atoms with van der Waals surface area (Å²) in [6, 6.07) is 2.05. The molecular formula is C17H24N2O3. The van der Waals surface area contributed by atoms with Crippen molar-refractivity contribution in [2.24, 2.45) is 5.92 Å². The third kappa shape index (κ3) is 3.51. The summed E-state index contributed by atoms with van der Waals surface area (Å²) in [5, 5.41) is 3.20. The van der Waals surface area contributed by atoms with Gasteiger partial charge in [-0.1, -0.05) is 19.3 Å². The zero-order valence-corrected chi connectivity index (χ0v) is 12.9. The highest BCUT2D eigenvalue weighted by molar-refractivity contribution is 5.94. The number of carbonyl (C=O) groups is 2. The number of furan rings is 1. The zero-order chi connectivity index (χ0) is 15.4. The molecule has 0 atom stereocenters. The molecule has 0 unspecified atom stereocenters. The SMILES string of the molecule is O=C(NC1CCCCC1)C1CCN(C(=O)c2ccoc2)CC1. The van der Waals surface area contributed by atoms with Gasteiger partial charge in [0, 0.05) is 25.0 Å². The van der Waals surface area contributed by atoms with E-state index in [-0.39, 0.29) is 17.7 Å². The van der Waals surface area contributed by atoms with E-state index in [4.69, 9.17) is 4.42 Å². The van der Waals surface area contributed by atoms with Gasteiger partial charge in [-0.15, -0.1) is 0 Å². The van der Waals surface area contributed by atoms with Crippen molar-refractivity contribution in [3.8, 4) is 0 Å². The maximum absolute atomic E-state index is 12.3. The van der Waals surface area contributed by atoms with Crippen molar-refractivity contribution >= 4 is 11.8 Å². The van der Waals surface area contributed by atoms with Gasteiger partial charge in [-0.3, -0.25) is 9.59 Å². The number of hydrogen-bond donors (Lipinski definition) is 1. The van der Waals surface area contributed by atoms with Crippen LogP contribution in [0.1, 0.15) is 55.3 Å². The van der Waals surface area contributed by atoms with Gasteiger partial charge in [0.2, 0.25) is 5.91 Å². The molecule has 0 spiro atoms. The van der Waals surface area contributed by atoms with Crippen molar-refractivity contribution in [2.75, 3.05) is 13.1 Å². The van der Waals surface area contributed by atoms with Gasteiger partial charge >= 0.3 is 0 Å². The second-order valence-corrected chi connectivity index (χ2v) is 6.42. The molecule has 1 aromatic heterocycles. The molecule has 1 N–H and O–H groups in total. The van der Waals surface area contributed by atoms with E-state index in [1.807, 2.05) is 4.90 Å². The quantitative estimate of drug-likeness (QED) is 0.933. The lowest BCUT2D eigenvalue weighted by molar-refractivity contribution is -0.127. The molecular weight excluding hydrogens is 280 g/mol. The third-order valence-corrected chi connectivity index (χ3v) is 4.87. The lowest BCUT2D eigenvalue weighted by atomic mass is 9.92. The lowest BCUT2D eigenvalue weighted by Gasteiger charge is -2.32. The molecule has 2 heterocycles. The molecule has 0 radical (unpaired) electrons. The van der Waals surface area contributed by atoms with Crippen molar-refractivity contribution in [3.63, 3.8) is 0 Å². The van der Waals surface area contributed by atoms with Crippen molar-refractivity contribution in [1.29, 1.82) is 0 Å². The summed E-state index contributed by atoms with van der Waals surface area (Å²) in [5.41, 5.74) is 0.588. The van der Waals surface area contributed by atoms with E-state index >= 15 is 0 Å². The molecule has 120 valence electrons. The summed E-state index contributed by atoms with van der Waals surface area (Å²) in [4.78, 5) is 26.4. The fourth-order valence-corrected chi connectivity index (χ4v) is 3.48. The van der Waals surface area contributed by atoms with Crippen LogP contribution in [0.3, 0.4) is 0 Å². The average Bonchev–Trinajstić information content (AvgIpc) is 3.10. The predicted molar refractivity (Wildman–Crippen MR) is 82.4 cm³/mol. The fourth-order valence-electron chi connectivity index (χ4n) is 3.48. The van der Waals surface area contributed by atoms with Gasteiger partial charge in [-0.2, -0.15) is 0 Å². The molecule has 2 aliphatic rings. The van der Waals surface area contributed by atoms with Crippen LogP contribution in [0.2, 0.25) is 0 Å². The van der Waals surface area contributed by atoms with Crippen molar-refractivity contribution in [3.05, 3.63) is 24.2 Å². The minimum atomic E-state index is -0.000103. The topological polar surface area (TPSA) is 62.6 Å². The normalized spacial score (nSPS) is 20.8. The Morgan fingerprint density at radius 2 is 1.82 bits per heavy atom. The van der Waals surface area contributed by atoms with Crippen molar-refractivity contribution in [2.45, 2.75) is 51.0 Å². The Morgan fingerprint density at radius 1 is 1.09 bits per heavy atom. The van der Waals surface area contributed by atoms with Gasteiger partial charge < -0.3 is 14.6 Å². The molecule has 1 saturated heterocycles. The number of carbonyl (C=O) groups excluding carboxylic acids is 2. The standard InChI is InChI=1S/C17H24N2O3/c20-16(18-15-4-2-1-3-5-15)13-6-9-19(10-7-13)17(21)14-8-11-22-12-14/h8,11-13,15H,1-7,9-10H2,(H,18,20). The number of nitrogens with one attached hydrogen (secondary N) is 1. The third-order valence-electron chi connectivity index (χ3n) is 4.87. The molecule has 22 heavy (non-hydrogen) atoms. The monoisotopic (exact) mass is 304 g/mol. The first kappa shape index (κ1) is 15.1. The smallest absolute Gasteiger partial charge is 0.257 e. The number of nitrogens with zero attached hydrogens (tertiary/aromatic N) is 1. The highest BCUT2D eigenvalue weighted by Crippen LogP contribution is 2.22. The Hall–Kier alpha value is -1.78. The van der Waals surface area contributed by atoms with Crippen molar-refractivity contribution < 1.29 is 14.0 Å². The molecule has 2 amide bonds. The molecule has 5 nitrogen and oxygen atoms in total. The summed E-state index contributed by atoms with van der Waals surface area (Å²) in [5.74, 6) is 0.234. The van der Waals surface area contributed by atoms with E-state index in [0.29, 0.717) is 24.7 Å². The maximum Gasteiger partial charge on any atom is 0.257 e. The number of likely N-dealkylation sites (tertiary alicyclic amines) is 1. The van der Waals surface area contributed by atoms with E-state index in [2.05, 4.69) is 5.32 Å². The Labute approximate surface area is 131 Å². The summed E-state index contributed by atoms with van der Waals surface area (Å²) >= 11 is 0. The van der Waals surface area contributed by atoms with E-state index < -0.39 is 0 Å². The Balaban J connectivity index is 1.46. The van der Waals surface area contributed by atoms with Crippen LogP contribution in [0, 0.1) is 5.92 Å². The highest BCUT2D eigenvalue weighted by Gasteiger charge is 2.29. The Kier molecular flexibility index (Phi) is 4.80. The molecule has 0 bridgehead atoms. The molecule has 2 fully saturated rings. The largest absolute Gasteiger partial charge is 0.472 e. The first-order valence-corrected chi connectivity index (χ1v) is 8.36. The van der Waals surface area contributed by atoms with Crippen LogP contribution in [0.4, 0.5) is 0 Å². The average molecular weight is 304 g/mol. The molecule has 1 aliphatic carbocycles. The van der Waals surface area contributed by atoms with Crippen LogP contribution in [-0.2, 0) is 4.79 Å². The van der Waals surface area contributed by atoms with Crippen LogP contribution in [0.5, 0.6) is 0 Å². The molecule has 1 aromatic rings. The Morgan fingerprint density at radius 3 is 2.45 bits per heavy atom. The van der Waals surface area contributed by atoms with Crippen LogP contribution in [0.25, 0.3) is 0 Å². The lowest BCUT2D eigenvalue weighted by Crippen LogP contribution is -2.45. The molecule has 0 aromatic carbocycles. The number of piperidine rings is 1. The van der Waals surface area contributed by atoms with E-state index in [0.717, 1.165) is 25.7 Å². The van der Waals surface area contributed by atoms with Crippen molar-refractivity contribution in [1.82, 2.24) is 10.2 Å². The number of rotatable bonds is 3. The van der Waals surface area contributed by atoms with Gasteiger partial charge in [0.25, 0.3) is 5.91 Å². The summed E-state index contributed by atoms with van der Waals surface area (Å²) in [6.45, 7) is 1.29. The molecule has 1 aliphatic heterocycles. The number of hydrogen-bond acceptors (Lipinski definition) is 3. The molecule has 1 saturated carbocycles. The highest BCUT2D eigenvalue weighted by atomic mass is 16.3. The van der Waals surface area contributed by atoms with Crippen LogP contribution >= 0.6 is 0 Å². The molecule has 3 rings (SSSR count). The van der Waals surface area contributed by atoms with Gasteiger partial charge in [-0.05, 0) is 31.7 Å². The van der Waals surface area contributed by atoms with Crippen LogP contribution < -0.4 is 5.32 Å². The predicted octanol–water partition coefficient (Wildman–Crippen LogP) is 2.58. The maximum atomic E-state index is 12.3. The van der Waals surface area contributed by atoms with Gasteiger partial charge in [0.05, 0.1) is 11.8 Å². The minimum Gasteiger partial charge on any atom is -0.472 e. The fraction of sp³-hybridized carbons (Fsp3) is 0.647. The second-order valence-electron chi connectivity index (χ2n) is 6.42. The zero-order valence-electron chi connectivity index (χ0n) is 12.9. The first-order valence-electron chi connectivity index (χ1n) is 8.36.